The molecule has 1 aromatic heterocycles. The second kappa shape index (κ2) is 6.21. The number of rotatable bonds is 2. The van der Waals surface area contributed by atoms with E-state index in [1.54, 1.807) is 4.98 Å². The fourth-order valence-corrected chi connectivity index (χ4v) is 2.32. The van der Waals surface area contributed by atoms with Crippen LogP contribution >= 0.6 is 0 Å². The van der Waals surface area contributed by atoms with Crippen molar-refractivity contribution in [2.75, 3.05) is 6.67 Å². The molecule has 2 rings (SSSR count). The normalized spacial score (nSPS) is 31.5. The van der Waals surface area contributed by atoms with Gasteiger partial charge in [0.15, 0.2) is 11.8 Å². The van der Waals surface area contributed by atoms with Crippen molar-refractivity contribution in [3.8, 4) is 11.8 Å². The van der Waals surface area contributed by atoms with Gasteiger partial charge in [-0.15, -0.1) is 0 Å². The minimum Gasteiger partial charge on any atom is -0.391 e. The van der Waals surface area contributed by atoms with Gasteiger partial charge >= 0.3 is 5.69 Å². The van der Waals surface area contributed by atoms with Crippen molar-refractivity contribution in [3.63, 3.8) is 0 Å². The minimum absolute atomic E-state index is 0.463. The van der Waals surface area contributed by atoms with Crippen molar-refractivity contribution < 1.29 is 28.8 Å². The van der Waals surface area contributed by atoms with Gasteiger partial charge in [0, 0.05) is 0 Å². The van der Waals surface area contributed by atoms with Gasteiger partial charge in [0.1, 0.15) is 18.9 Å². The summed E-state index contributed by atoms with van der Waals surface area (Å²) in [5.41, 5.74) is -4.92. The molecule has 1 aliphatic rings. The number of ether oxygens (including phenoxy) is 1. The molecular weight excluding hydrogens is 318 g/mol. The fraction of sp³-hybridized carbons (Fsp3) is 0.538. The lowest BCUT2D eigenvalue weighted by molar-refractivity contribution is -0.0888. The predicted octanol–water partition coefficient (Wildman–Crippen LogP) is -1.98. The lowest BCUT2D eigenvalue weighted by Crippen LogP contribution is -2.49. The Labute approximate surface area is 128 Å². The average molecular weight is 332 g/mol. The molecule has 23 heavy (non-hydrogen) atoms. The summed E-state index contributed by atoms with van der Waals surface area (Å²) in [4.78, 5) is 24.5. The van der Waals surface area contributed by atoms with E-state index in [0.29, 0.717) is 10.8 Å². The Hall–Kier alpha value is -2.06. The van der Waals surface area contributed by atoms with E-state index < -0.39 is 53.9 Å². The van der Waals surface area contributed by atoms with Gasteiger partial charge in [0.05, 0.1) is 12.3 Å². The lowest BCUT2D eigenvalue weighted by Gasteiger charge is -2.26. The van der Waals surface area contributed by atoms with Crippen molar-refractivity contribution >= 4 is 0 Å². The van der Waals surface area contributed by atoms with E-state index >= 15 is 0 Å². The number of aromatic amines is 1. The first kappa shape index (κ1) is 17.3. The van der Waals surface area contributed by atoms with Crippen LogP contribution in [-0.4, -0.2) is 55.5 Å². The summed E-state index contributed by atoms with van der Waals surface area (Å²) in [6, 6.07) is 0. The first-order chi connectivity index (χ1) is 10.7. The smallest absolute Gasteiger partial charge is 0.330 e. The molecule has 0 aromatic carbocycles. The number of nitrogens with zero attached hydrogens (tertiary/aromatic N) is 1. The van der Waals surface area contributed by atoms with Gasteiger partial charge in [-0.05, 0) is 6.92 Å². The van der Waals surface area contributed by atoms with Crippen LogP contribution in [-0.2, 0) is 4.74 Å². The summed E-state index contributed by atoms with van der Waals surface area (Å²) >= 11 is 0. The van der Waals surface area contributed by atoms with Crippen LogP contribution in [0.3, 0.4) is 0 Å². The number of aromatic nitrogens is 2. The molecular formula is C13H14F2N2O6. The molecule has 0 radical (unpaired) electrons. The molecule has 1 unspecified atom stereocenters. The van der Waals surface area contributed by atoms with E-state index in [-0.39, 0.29) is 0 Å². The maximum atomic E-state index is 13.4. The number of hydrogen-bond acceptors (Lipinski definition) is 6. The Kier molecular flexibility index (Phi) is 4.67. The SMILES string of the molecule is C[C@H](O)[C@H]1O[C@@H](n2cc(F)c(=O)[nH]c2=O)C(O)(C#CCF)[C@H]1O. The van der Waals surface area contributed by atoms with Crippen LogP contribution in [0.4, 0.5) is 8.78 Å². The van der Waals surface area contributed by atoms with E-state index in [9.17, 15) is 33.7 Å². The molecule has 1 aliphatic heterocycles. The molecule has 0 spiro atoms. The molecule has 5 atom stereocenters. The van der Waals surface area contributed by atoms with Crippen LogP contribution in [0.25, 0.3) is 0 Å². The largest absolute Gasteiger partial charge is 0.391 e. The second-order valence-corrected chi connectivity index (χ2v) is 5.04. The molecule has 0 saturated carbocycles. The number of H-pyrrole nitrogens is 1. The van der Waals surface area contributed by atoms with Crippen molar-refractivity contribution in [3.05, 3.63) is 32.9 Å². The van der Waals surface area contributed by atoms with E-state index in [1.807, 2.05) is 11.8 Å². The van der Waals surface area contributed by atoms with E-state index in [4.69, 9.17) is 4.74 Å². The summed E-state index contributed by atoms with van der Waals surface area (Å²) < 4.78 is 31.4. The summed E-state index contributed by atoms with van der Waals surface area (Å²) in [6.45, 7) is 0.0888. The molecule has 126 valence electrons. The summed E-state index contributed by atoms with van der Waals surface area (Å²) in [6.07, 6.45) is -5.77. The molecule has 0 bridgehead atoms. The first-order valence-corrected chi connectivity index (χ1v) is 6.53. The van der Waals surface area contributed by atoms with Crippen molar-refractivity contribution in [2.45, 2.75) is 37.1 Å². The van der Waals surface area contributed by atoms with Crippen molar-refractivity contribution in [1.29, 1.82) is 0 Å². The molecule has 1 saturated heterocycles. The third kappa shape index (κ3) is 2.91. The van der Waals surface area contributed by atoms with Crippen LogP contribution in [0.5, 0.6) is 0 Å². The van der Waals surface area contributed by atoms with Gasteiger partial charge in [0.25, 0.3) is 5.56 Å². The second-order valence-electron chi connectivity index (χ2n) is 5.04. The zero-order valence-corrected chi connectivity index (χ0v) is 11.9. The van der Waals surface area contributed by atoms with Crippen molar-refractivity contribution in [1.82, 2.24) is 9.55 Å². The highest BCUT2D eigenvalue weighted by molar-refractivity contribution is 5.23. The lowest BCUT2D eigenvalue weighted by atomic mass is 9.92. The third-order valence-electron chi connectivity index (χ3n) is 3.43. The minimum atomic E-state index is -2.50. The standard InChI is InChI=1S/C13H14F2N2O6/c1-6(18)8-9(19)13(22,3-2-4-14)11(23-8)17-5-7(15)10(20)16-12(17)21/h5-6,8-9,11,18-19,22H,4H2,1H3,(H,16,20,21)/t6-,8+,9-,11+,13?/m0/s1. The summed E-state index contributed by atoms with van der Waals surface area (Å²) in [5.74, 6) is 2.58. The van der Waals surface area contributed by atoms with Crippen LogP contribution in [0, 0.1) is 17.7 Å². The van der Waals surface area contributed by atoms with Crippen LogP contribution < -0.4 is 11.2 Å². The highest BCUT2D eigenvalue weighted by Gasteiger charge is 2.57. The van der Waals surface area contributed by atoms with Gasteiger partial charge in [-0.3, -0.25) is 14.3 Å². The van der Waals surface area contributed by atoms with E-state index in [2.05, 4.69) is 0 Å². The zero-order chi connectivity index (χ0) is 17.4. The monoisotopic (exact) mass is 332 g/mol. The Morgan fingerprint density at radius 1 is 1.57 bits per heavy atom. The number of aliphatic hydroxyl groups excluding tert-OH is 2. The number of halogens is 2. The van der Waals surface area contributed by atoms with E-state index in [1.165, 1.54) is 6.92 Å². The molecule has 2 heterocycles. The predicted molar refractivity (Wildman–Crippen MR) is 71.6 cm³/mol. The molecule has 10 heteroatoms. The Bertz CT molecular complexity index is 764. The Morgan fingerprint density at radius 2 is 2.22 bits per heavy atom. The average Bonchev–Trinajstić information content (AvgIpc) is 2.74. The van der Waals surface area contributed by atoms with Gasteiger partial charge in [-0.2, -0.15) is 4.39 Å². The topological polar surface area (TPSA) is 125 Å². The van der Waals surface area contributed by atoms with E-state index in [0.717, 1.165) is 0 Å². The summed E-state index contributed by atoms with van der Waals surface area (Å²) in [5, 5.41) is 30.2. The molecule has 1 fully saturated rings. The maximum Gasteiger partial charge on any atom is 0.330 e. The number of nitrogens with one attached hydrogen (secondary N) is 1. The van der Waals surface area contributed by atoms with Gasteiger partial charge in [0.2, 0.25) is 5.82 Å². The van der Waals surface area contributed by atoms with Gasteiger partial charge in [-0.25, -0.2) is 9.18 Å². The quantitative estimate of drug-likeness (QED) is 0.465. The molecule has 1 aromatic rings. The first-order valence-electron chi connectivity index (χ1n) is 6.53. The number of hydrogen-bond donors (Lipinski definition) is 4. The highest BCUT2D eigenvalue weighted by atomic mass is 19.1. The molecule has 8 nitrogen and oxygen atoms in total. The van der Waals surface area contributed by atoms with Crippen molar-refractivity contribution in [2.24, 2.45) is 0 Å². The maximum absolute atomic E-state index is 13.4. The highest BCUT2D eigenvalue weighted by Crippen LogP contribution is 2.38. The van der Waals surface area contributed by atoms with Crippen LogP contribution in [0.1, 0.15) is 13.2 Å². The van der Waals surface area contributed by atoms with Crippen LogP contribution in [0.15, 0.2) is 15.8 Å². The molecule has 0 aliphatic carbocycles. The van der Waals surface area contributed by atoms with Crippen LogP contribution in [0.2, 0.25) is 0 Å². The third-order valence-corrected chi connectivity index (χ3v) is 3.43. The number of aliphatic hydroxyl groups is 3. The Morgan fingerprint density at radius 3 is 2.78 bits per heavy atom. The zero-order valence-electron chi connectivity index (χ0n) is 11.9. The number of alkyl halides is 1. The molecule has 4 N–H and O–H groups in total. The molecule has 0 amide bonds. The van der Waals surface area contributed by atoms with Gasteiger partial charge in [-0.1, -0.05) is 11.8 Å². The Balaban J connectivity index is 2.61. The summed E-state index contributed by atoms with van der Waals surface area (Å²) in [7, 11) is 0. The fourth-order valence-electron chi connectivity index (χ4n) is 2.32. The van der Waals surface area contributed by atoms with Gasteiger partial charge < -0.3 is 20.1 Å².